The summed E-state index contributed by atoms with van der Waals surface area (Å²) in [6.45, 7) is 3.10. The molecule has 1 unspecified atom stereocenters. The molecule has 3 rings (SSSR count). The van der Waals surface area contributed by atoms with Crippen LogP contribution in [0.3, 0.4) is 0 Å². The summed E-state index contributed by atoms with van der Waals surface area (Å²) in [5.41, 5.74) is -0.549. The SMILES string of the molecule is CN1CCN(C2(O)CC=Nc3cc([N+](=O)[O-])cc(Cl)c32)CC1. The molecule has 2 aliphatic rings. The first-order valence-electron chi connectivity index (χ1n) is 7.09. The van der Waals surface area contributed by atoms with Crippen molar-refractivity contribution >= 4 is 29.2 Å². The summed E-state index contributed by atoms with van der Waals surface area (Å²) in [6, 6.07) is 2.64. The number of likely N-dealkylation sites (N-methyl/N-ethyl adjacent to an activating group) is 1. The number of aliphatic imine (C=N–C) groups is 1. The number of nitro benzene ring substituents is 1. The molecule has 1 atom stereocenters. The molecule has 0 radical (unpaired) electrons. The molecule has 7 nitrogen and oxygen atoms in total. The monoisotopic (exact) mass is 324 g/mol. The molecule has 1 aromatic carbocycles. The van der Waals surface area contributed by atoms with Crippen molar-refractivity contribution in [1.82, 2.24) is 9.80 Å². The van der Waals surface area contributed by atoms with E-state index in [9.17, 15) is 15.2 Å². The molecule has 1 N–H and O–H groups in total. The lowest BCUT2D eigenvalue weighted by Crippen LogP contribution is -2.55. The molecule has 8 heteroatoms. The predicted molar refractivity (Wildman–Crippen MR) is 83.8 cm³/mol. The smallest absolute Gasteiger partial charge is 0.273 e. The summed E-state index contributed by atoms with van der Waals surface area (Å²) in [5, 5.41) is 22.3. The van der Waals surface area contributed by atoms with Crippen LogP contribution in [0.25, 0.3) is 0 Å². The van der Waals surface area contributed by atoms with Crippen LogP contribution in [0.2, 0.25) is 5.02 Å². The minimum Gasteiger partial charge on any atom is -0.371 e. The van der Waals surface area contributed by atoms with Gasteiger partial charge in [-0.25, -0.2) is 0 Å². The van der Waals surface area contributed by atoms with Gasteiger partial charge < -0.3 is 10.0 Å². The Balaban J connectivity index is 2.04. The fraction of sp³-hybridized carbons (Fsp3) is 0.500. The lowest BCUT2D eigenvalue weighted by molar-refractivity contribution is -0.384. The van der Waals surface area contributed by atoms with Gasteiger partial charge in [0.05, 0.1) is 15.6 Å². The summed E-state index contributed by atoms with van der Waals surface area (Å²) in [5.74, 6) is 0. The number of rotatable bonds is 2. The zero-order valence-electron chi connectivity index (χ0n) is 12.2. The Bertz CT molecular complexity index is 643. The fourth-order valence-electron chi connectivity index (χ4n) is 3.02. The third-order valence-corrected chi connectivity index (χ3v) is 4.60. The van der Waals surface area contributed by atoms with Crippen LogP contribution in [0, 0.1) is 10.1 Å². The van der Waals surface area contributed by atoms with Crippen molar-refractivity contribution in [3.05, 3.63) is 32.8 Å². The second kappa shape index (κ2) is 5.58. The number of piperazine rings is 1. The fourth-order valence-corrected chi connectivity index (χ4v) is 3.38. The van der Waals surface area contributed by atoms with Crippen LogP contribution in [0.5, 0.6) is 0 Å². The van der Waals surface area contributed by atoms with E-state index in [0.717, 1.165) is 13.1 Å². The van der Waals surface area contributed by atoms with Crippen LogP contribution in [0.1, 0.15) is 12.0 Å². The molecule has 0 amide bonds. The van der Waals surface area contributed by atoms with Crippen molar-refractivity contribution in [2.24, 2.45) is 4.99 Å². The van der Waals surface area contributed by atoms with Crippen LogP contribution >= 0.6 is 11.6 Å². The van der Waals surface area contributed by atoms with Gasteiger partial charge in [0.15, 0.2) is 5.72 Å². The first-order chi connectivity index (χ1) is 10.4. The topological polar surface area (TPSA) is 82.2 Å². The van der Waals surface area contributed by atoms with Gasteiger partial charge in [0, 0.05) is 56.5 Å². The van der Waals surface area contributed by atoms with Crippen molar-refractivity contribution in [2.75, 3.05) is 33.2 Å². The molecule has 0 saturated carbocycles. The Kier molecular flexibility index (Phi) is 3.90. The highest BCUT2D eigenvalue weighted by Crippen LogP contribution is 2.44. The number of halogens is 1. The largest absolute Gasteiger partial charge is 0.371 e. The van der Waals surface area contributed by atoms with Gasteiger partial charge in [-0.05, 0) is 7.05 Å². The number of hydrogen-bond donors (Lipinski definition) is 1. The minimum absolute atomic E-state index is 0.122. The maximum Gasteiger partial charge on any atom is 0.273 e. The van der Waals surface area contributed by atoms with E-state index in [2.05, 4.69) is 9.89 Å². The molecule has 1 saturated heterocycles. The Labute approximate surface area is 133 Å². The Hall–Kier alpha value is -1.54. The Morgan fingerprint density at radius 1 is 1.36 bits per heavy atom. The Morgan fingerprint density at radius 2 is 2.05 bits per heavy atom. The van der Waals surface area contributed by atoms with Crippen molar-refractivity contribution < 1.29 is 10.0 Å². The summed E-state index contributed by atoms with van der Waals surface area (Å²) >= 11 is 6.25. The van der Waals surface area contributed by atoms with E-state index in [1.54, 1.807) is 6.21 Å². The minimum atomic E-state index is -1.26. The third-order valence-electron chi connectivity index (χ3n) is 4.30. The van der Waals surface area contributed by atoms with Gasteiger partial charge in [0.25, 0.3) is 5.69 Å². The van der Waals surface area contributed by atoms with E-state index in [-0.39, 0.29) is 10.7 Å². The number of non-ortho nitro benzene ring substituents is 1. The van der Waals surface area contributed by atoms with Crippen molar-refractivity contribution in [2.45, 2.75) is 12.1 Å². The standard InChI is InChI=1S/C14H17ClN4O3/c1-17-4-6-18(7-5-17)14(20)2-3-16-12-9-10(19(21)22)8-11(15)13(12)14/h3,8-9,20H,2,4-7H2,1H3. The van der Waals surface area contributed by atoms with Gasteiger partial charge >= 0.3 is 0 Å². The zero-order chi connectivity index (χ0) is 15.9. The van der Waals surface area contributed by atoms with E-state index in [1.807, 2.05) is 11.9 Å². The summed E-state index contributed by atoms with van der Waals surface area (Å²) < 4.78 is 0. The van der Waals surface area contributed by atoms with E-state index < -0.39 is 10.6 Å². The molecular weight excluding hydrogens is 308 g/mol. The molecule has 0 aromatic heterocycles. The zero-order valence-corrected chi connectivity index (χ0v) is 13.0. The van der Waals surface area contributed by atoms with E-state index >= 15 is 0 Å². The van der Waals surface area contributed by atoms with E-state index in [0.29, 0.717) is 30.8 Å². The van der Waals surface area contributed by atoms with Crippen LogP contribution < -0.4 is 0 Å². The molecular formula is C14H17ClN4O3. The van der Waals surface area contributed by atoms with Crippen molar-refractivity contribution in [1.29, 1.82) is 0 Å². The van der Waals surface area contributed by atoms with Crippen molar-refractivity contribution in [3.8, 4) is 0 Å². The molecule has 1 fully saturated rings. The second-order valence-electron chi connectivity index (χ2n) is 5.70. The second-order valence-corrected chi connectivity index (χ2v) is 6.11. The molecule has 0 aliphatic carbocycles. The van der Waals surface area contributed by atoms with Crippen LogP contribution in [0.4, 0.5) is 11.4 Å². The highest BCUT2D eigenvalue weighted by atomic mass is 35.5. The number of fused-ring (bicyclic) bond motifs is 1. The van der Waals surface area contributed by atoms with E-state index in [1.165, 1.54) is 12.1 Å². The first-order valence-corrected chi connectivity index (χ1v) is 7.46. The lowest BCUT2D eigenvalue weighted by Gasteiger charge is -2.45. The van der Waals surface area contributed by atoms with Gasteiger partial charge in [-0.3, -0.25) is 20.0 Å². The molecule has 2 heterocycles. The van der Waals surface area contributed by atoms with Crippen molar-refractivity contribution in [3.63, 3.8) is 0 Å². The predicted octanol–water partition coefficient (Wildman–Crippen LogP) is 1.75. The van der Waals surface area contributed by atoms with E-state index in [4.69, 9.17) is 11.6 Å². The average Bonchev–Trinajstić information content (AvgIpc) is 2.47. The average molecular weight is 325 g/mol. The number of nitro groups is 1. The molecule has 22 heavy (non-hydrogen) atoms. The Morgan fingerprint density at radius 3 is 2.68 bits per heavy atom. The molecule has 118 valence electrons. The summed E-state index contributed by atoms with van der Waals surface area (Å²) in [4.78, 5) is 18.8. The van der Waals surface area contributed by atoms with Crippen LogP contribution in [-0.2, 0) is 5.72 Å². The highest BCUT2D eigenvalue weighted by molar-refractivity contribution is 6.32. The molecule has 1 aromatic rings. The first kappa shape index (κ1) is 15.4. The van der Waals surface area contributed by atoms with Gasteiger partial charge in [-0.2, -0.15) is 0 Å². The summed E-state index contributed by atoms with van der Waals surface area (Å²) in [7, 11) is 2.04. The van der Waals surface area contributed by atoms with Gasteiger partial charge in [0.2, 0.25) is 0 Å². The van der Waals surface area contributed by atoms with Gasteiger partial charge in [-0.1, -0.05) is 11.6 Å². The number of aliphatic hydroxyl groups is 1. The maximum absolute atomic E-state index is 11.2. The van der Waals surface area contributed by atoms with Gasteiger partial charge in [0.1, 0.15) is 0 Å². The lowest BCUT2D eigenvalue weighted by atomic mass is 9.92. The van der Waals surface area contributed by atoms with Gasteiger partial charge in [-0.15, -0.1) is 0 Å². The highest BCUT2D eigenvalue weighted by Gasteiger charge is 2.42. The molecule has 0 bridgehead atoms. The van der Waals surface area contributed by atoms with Crippen LogP contribution in [-0.4, -0.2) is 59.3 Å². The quantitative estimate of drug-likeness (QED) is 0.662. The number of hydrogen-bond acceptors (Lipinski definition) is 6. The number of nitrogens with zero attached hydrogens (tertiary/aromatic N) is 4. The summed E-state index contributed by atoms with van der Waals surface area (Å²) in [6.07, 6.45) is 1.92. The van der Waals surface area contributed by atoms with Crippen LogP contribution in [0.15, 0.2) is 17.1 Å². The maximum atomic E-state index is 11.2. The normalized spacial score (nSPS) is 26.0. The number of benzene rings is 1. The molecule has 0 spiro atoms. The molecule has 2 aliphatic heterocycles. The third kappa shape index (κ3) is 2.50.